The molecule has 7 heteroatoms. The average Bonchev–Trinajstić information content (AvgIpc) is 2.99. The van der Waals surface area contributed by atoms with E-state index in [2.05, 4.69) is 10.2 Å². The zero-order valence-electron chi connectivity index (χ0n) is 10.6. The van der Waals surface area contributed by atoms with Crippen molar-refractivity contribution in [2.75, 3.05) is 4.90 Å². The number of nitrogens with zero attached hydrogens (tertiary/aromatic N) is 3. The predicted molar refractivity (Wildman–Crippen MR) is 70.6 cm³/mol. The lowest BCUT2D eigenvalue weighted by atomic mass is 10.1. The van der Waals surface area contributed by atoms with E-state index in [1.807, 2.05) is 6.92 Å². The number of anilines is 1. The fraction of sp³-hybridized carbons (Fsp3) is 0.231. The molecule has 102 valence electrons. The highest BCUT2D eigenvalue weighted by Gasteiger charge is 2.38. The van der Waals surface area contributed by atoms with Gasteiger partial charge in [-0.15, -0.1) is 10.2 Å². The van der Waals surface area contributed by atoms with Gasteiger partial charge in [-0.05, 0) is 12.1 Å². The Morgan fingerprint density at radius 2 is 2.00 bits per heavy atom. The number of benzene rings is 1. The van der Waals surface area contributed by atoms with Crippen LogP contribution in [0.15, 0.2) is 22.6 Å². The Hall–Kier alpha value is -2.21. The summed E-state index contributed by atoms with van der Waals surface area (Å²) in [5.74, 6) is -0.449. The Kier molecular flexibility index (Phi) is 3.02. The highest BCUT2D eigenvalue weighted by molar-refractivity contribution is 6.54. The van der Waals surface area contributed by atoms with E-state index < -0.39 is 11.7 Å². The topological polar surface area (TPSA) is 76.3 Å². The van der Waals surface area contributed by atoms with Crippen molar-refractivity contribution < 1.29 is 14.0 Å². The third-order valence-electron chi connectivity index (χ3n) is 3.05. The summed E-state index contributed by atoms with van der Waals surface area (Å²) in [6, 6.07) is 4.84. The summed E-state index contributed by atoms with van der Waals surface area (Å²) in [7, 11) is 0. The van der Waals surface area contributed by atoms with Crippen LogP contribution in [0, 0.1) is 0 Å². The monoisotopic (exact) mass is 291 g/mol. The van der Waals surface area contributed by atoms with E-state index in [0.717, 1.165) is 0 Å². The Morgan fingerprint density at radius 3 is 2.70 bits per heavy atom. The van der Waals surface area contributed by atoms with E-state index in [4.69, 9.17) is 16.0 Å². The van der Waals surface area contributed by atoms with E-state index in [-0.39, 0.29) is 12.4 Å². The van der Waals surface area contributed by atoms with Gasteiger partial charge >= 0.3 is 0 Å². The van der Waals surface area contributed by atoms with Gasteiger partial charge in [-0.25, -0.2) is 0 Å². The van der Waals surface area contributed by atoms with Gasteiger partial charge in [-0.3, -0.25) is 14.5 Å². The second kappa shape index (κ2) is 4.72. The van der Waals surface area contributed by atoms with Crippen molar-refractivity contribution in [3.05, 3.63) is 40.6 Å². The number of carbonyl (C=O) groups is 2. The summed E-state index contributed by atoms with van der Waals surface area (Å²) in [6.45, 7) is 1.92. The van der Waals surface area contributed by atoms with Crippen LogP contribution in [0.5, 0.6) is 0 Å². The van der Waals surface area contributed by atoms with Crippen molar-refractivity contribution in [2.45, 2.75) is 19.9 Å². The Bertz CT molecular complexity index is 711. The summed E-state index contributed by atoms with van der Waals surface area (Å²) in [5.41, 5.74) is 0.707. The highest BCUT2D eigenvalue weighted by Crippen LogP contribution is 2.36. The number of hydrogen-bond acceptors (Lipinski definition) is 5. The van der Waals surface area contributed by atoms with Crippen molar-refractivity contribution in [1.29, 1.82) is 0 Å². The molecular formula is C13H10ClN3O3. The fourth-order valence-corrected chi connectivity index (χ4v) is 2.37. The Labute approximate surface area is 119 Å². The molecule has 0 unspecified atom stereocenters. The number of hydrogen-bond donors (Lipinski definition) is 0. The second-order valence-corrected chi connectivity index (χ2v) is 4.71. The number of aromatic nitrogens is 2. The van der Waals surface area contributed by atoms with Crippen molar-refractivity contribution >= 4 is 29.0 Å². The molecule has 0 radical (unpaired) electrons. The van der Waals surface area contributed by atoms with E-state index >= 15 is 0 Å². The molecule has 3 rings (SSSR count). The molecule has 1 aromatic heterocycles. The van der Waals surface area contributed by atoms with Crippen LogP contribution >= 0.6 is 11.6 Å². The minimum absolute atomic E-state index is 0.0360. The molecule has 2 heterocycles. The standard InChI is InChI=1S/C13H10ClN3O3/c1-2-9-15-16-10(20-9)6-17-11-7(12(18)13(17)19)4-3-5-8(11)14/h3-5H,2,6H2,1H3. The lowest BCUT2D eigenvalue weighted by Crippen LogP contribution is -2.29. The quantitative estimate of drug-likeness (QED) is 0.809. The average molecular weight is 292 g/mol. The largest absolute Gasteiger partial charge is 0.423 e. The first-order chi connectivity index (χ1) is 9.61. The first-order valence-electron chi connectivity index (χ1n) is 6.07. The summed E-state index contributed by atoms with van der Waals surface area (Å²) in [6.07, 6.45) is 0.608. The molecule has 1 amide bonds. The first-order valence-corrected chi connectivity index (χ1v) is 6.45. The molecule has 1 aliphatic rings. The van der Waals surface area contributed by atoms with Crippen LogP contribution < -0.4 is 4.90 Å². The lowest BCUT2D eigenvalue weighted by Gasteiger charge is -2.14. The predicted octanol–water partition coefficient (Wildman–Crippen LogP) is 2.01. The minimum Gasteiger partial charge on any atom is -0.423 e. The zero-order chi connectivity index (χ0) is 14.3. The molecule has 6 nitrogen and oxygen atoms in total. The summed E-state index contributed by atoms with van der Waals surface area (Å²) in [5, 5.41) is 8.02. The number of rotatable bonds is 3. The summed E-state index contributed by atoms with van der Waals surface area (Å²) < 4.78 is 5.36. The van der Waals surface area contributed by atoms with E-state index in [1.165, 1.54) is 4.90 Å². The highest BCUT2D eigenvalue weighted by atomic mass is 35.5. The number of ketones is 1. The van der Waals surface area contributed by atoms with Crippen LogP contribution in [0.25, 0.3) is 0 Å². The number of fused-ring (bicyclic) bond motifs is 1. The number of amides is 1. The molecule has 2 aromatic rings. The van der Waals surface area contributed by atoms with Crippen molar-refractivity contribution in [3.8, 4) is 0 Å². The van der Waals surface area contributed by atoms with E-state index in [1.54, 1.807) is 18.2 Å². The summed E-state index contributed by atoms with van der Waals surface area (Å²) in [4.78, 5) is 25.2. The molecule has 0 bridgehead atoms. The number of halogens is 1. The first kappa shape index (κ1) is 12.8. The van der Waals surface area contributed by atoms with E-state index in [9.17, 15) is 9.59 Å². The van der Waals surface area contributed by atoms with Gasteiger partial charge in [0.25, 0.3) is 11.7 Å². The maximum absolute atomic E-state index is 12.0. The normalized spacial score (nSPS) is 14.0. The van der Waals surface area contributed by atoms with Crippen molar-refractivity contribution in [3.63, 3.8) is 0 Å². The van der Waals surface area contributed by atoms with Gasteiger partial charge in [0.05, 0.1) is 16.3 Å². The van der Waals surface area contributed by atoms with Crippen LogP contribution in [-0.2, 0) is 17.8 Å². The van der Waals surface area contributed by atoms with Gasteiger partial charge in [-0.1, -0.05) is 24.6 Å². The van der Waals surface area contributed by atoms with Gasteiger partial charge in [0.15, 0.2) is 0 Å². The molecule has 0 saturated carbocycles. The smallest absolute Gasteiger partial charge is 0.300 e. The van der Waals surface area contributed by atoms with Crippen LogP contribution in [-0.4, -0.2) is 21.9 Å². The molecule has 0 spiro atoms. The van der Waals surface area contributed by atoms with Crippen molar-refractivity contribution in [1.82, 2.24) is 10.2 Å². The third kappa shape index (κ3) is 1.89. The fourth-order valence-electron chi connectivity index (χ4n) is 2.09. The molecule has 0 aliphatic carbocycles. The van der Waals surface area contributed by atoms with Crippen LogP contribution in [0.4, 0.5) is 5.69 Å². The van der Waals surface area contributed by atoms with Crippen molar-refractivity contribution in [2.24, 2.45) is 0 Å². The number of Topliss-reactive ketones (excluding diaryl/α,β-unsaturated/α-hetero) is 1. The molecule has 1 aliphatic heterocycles. The maximum atomic E-state index is 12.0. The molecule has 0 fully saturated rings. The van der Waals surface area contributed by atoms with Crippen LogP contribution in [0.2, 0.25) is 5.02 Å². The molecule has 1 aromatic carbocycles. The Morgan fingerprint density at radius 1 is 1.25 bits per heavy atom. The Balaban J connectivity index is 1.98. The van der Waals surface area contributed by atoms with Gasteiger partial charge in [-0.2, -0.15) is 0 Å². The van der Waals surface area contributed by atoms with Gasteiger partial charge in [0.1, 0.15) is 6.54 Å². The molecule has 0 atom stereocenters. The zero-order valence-corrected chi connectivity index (χ0v) is 11.3. The number of carbonyl (C=O) groups excluding carboxylic acids is 2. The SMILES string of the molecule is CCc1nnc(CN2C(=O)C(=O)c3cccc(Cl)c32)o1. The number of aryl methyl sites for hydroxylation is 1. The van der Waals surface area contributed by atoms with Gasteiger partial charge in [0.2, 0.25) is 11.8 Å². The summed E-state index contributed by atoms with van der Waals surface area (Å²) >= 11 is 6.08. The van der Waals surface area contributed by atoms with Gasteiger partial charge in [0, 0.05) is 6.42 Å². The second-order valence-electron chi connectivity index (χ2n) is 4.30. The van der Waals surface area contributed by atoms with Gasteiger partial charge < -0.3 is 4.42 Å². The van der Waals surface area contributed by atoms with Crippen LogP contribution in [0.1, 0.15) is 29.1 Å². The maximum Gasteiger partial charge on any atom is 0.300 e. The lowest BCUT2D eigenvalue weighted by molar-refractivity contribution is -0.114. The molecule has 0 N–H and O–H groups in total. The third-order valence-corrected chi connectivity index (χ3v) is 3.35. The minimum atomic E-state index is -0.635. The number of para-hydroxylation sites is 1. The molecular weight excluding hydrogens is 282 g/mol. The van der Waals surface area contributed by atoms with E-state index in [0.29, 0.717) is 28.6 Å². The van der Waals surface area contributed by atoms with Crippen LogP contribution in [0.3, 0.4) is 0 Å². The molecule has 20 heavy (non-hydrogen) atoms. The molecule has 0 saturated heterocycles.